The van der Waals surface area contributed by atoms with Gasteiger partial charge in [-0.25, -0.2) is 4.98 Å². The molecule has 2 aromatic heterocycles. The molecule has 0 aliphatic rings. The molecule has 0 fully saturated rings. The minimum Gasteiger partial charge on any atom is -0.495 e. The largest absolute Gasteiger partial charge is 0.495 e. The van der Waals surface area contributed by atoms with Gasteiger partial charge in [0.05, 0.1) is 18.5 Å². The van der Waals surface area contributed by atoms with E-state index < -0.39 is 0 Å². The summed E-state index contributed by atoms with van der Waals surface area (Å²) < 4.78 is 5.48. The third-order valence-corrected chi connectivity index (χ3v) is 4.59. The Bertz CT molecular complexity index is 1120. The van der Waals surface area contributed by atoms with Crippen molar-refractivity contribution in [1.82, 2.24) is 15.0 Å². The zero-order chi connectivity index (χ0) is 20.8. The van der Waals surface area contributed by atoms with Crippen LogP contribution in [0.25, 0.3) is 11.3 Å². The third kappa shape index (κ3) is 4.72. The van der Waals surface area contributed by atoms with E-state index in [2.05, 4.69) is 20.6 Å². The Labute approximate surface area is 176 Å². The Morgan fingerprint density at radius 1 is 0.933 bits per heavy atom. The van der Waals surface area contributed by atoms with E-state index in [0.717, 1.165) is 39.6 Å². The van der Waals surface area contributed by atoms with E-state index in [1.165, 1.54) is 0 Å². The zero-order valence-corrected chi connectivity index (χ0v) is 17.0. The topological polar surface area (TPSA) is 72.0 Å². The summed E-state index contributed by atoms with van der Waals surface area (Å²) in [6.07, 6.45) is 3.60. The van der Waals surface area contributed by atoms with Gasteiger partial charge in [0.15, 0.2) is 0 Å². The van der Waals surface area contributed by atoms with Crippen molar-refractivity contribution < 1.29 is 4.74 Å². The molecule has 150 valence electrons. The van der Waals surface area contributed by atoms with Crippen LogP contribution in [-0.4, -0.2) is 22.1 Å². The van der Waals surface area contributed by atoms with Gasteiger partial charge in [-0.1, -0.05) is 42.5 Å². The van der Waals surface area contributed by atoms with E-state index in [9.17, 15) is 0 Å². The number of ether oxygens (including phenoxy) is 1. The van der Waals surface area contributed by atoms with Crippen LogP contribution < -0.4 is 15.4 Å². The summed E-state index contributed by atoms with van der Waals surface area (Å²) in [6.45, 7) is 2.65. The molecule has 0 aliphatic heterocycles. The molecule has 4 rings (SSSR count). The van der Waals surface area contributed by atoms with Crippen molar-refractivity contribution >= 4 is 17.5 Å². The Hall–Kier alpha value is -3.93. The fourth-order valence-corrected chi connectivity index (χ4v) is 3.09. The Morgan fingerprint density at radius 3 is 2.57 bits per heavy atom. The number of benzene rings is 2. The lowest BCUT2D eigenvalue weighted by atomic mass is 10.1. The van der Waals surface area contributed by atoms with Gasteiger partial charge in [-0.15, -0.1) is 0 Å². The highest BCUT2D eigenvalue weighted by molar-refractivity contribution is 5.68. The van der Waals surface area contributed by atoms with Gasteiger partial charge in [-0.05, 0) is 36.2 Å². The zero-order valence-electron chi connectivity index (χ0n) is 17.0. The van der Waals surface area contributed by atoms with Crippen LogP contribution in [0.15, 0.2) is 79.1 Å². The molecule has 2 aromatic carbocycles. The van der Waals surface area contributed by atoms with Crippen molar-refractivity contribution in [2.24, 2.45) is 0 Å². The summed E-state index contributed by atoms with van der Waals surface area (Å²) in [5.41, 5.74) is 4.86. The van der Waals surface area contributed by atoms with Crippen LogP contribution in [0.3, 0.4) is 0 Å². The molecule has 6 heteroatoms. The third-order valence-electron chi connectivity index (χ3n) is 4.59. The summed E-state index contributed by atoms with van der Waals surface area (Å²) in [4.78, 5) is 13.6. The van der Waals surface area contributed by atoms with Crippen LogP contribution in [0, 0.1) is 6.92 Å². The van der Waals surface area contributed by atoms with E-state index in [1.807, 2.05) is 79.9 Å². The molecule has 0 aliphatic carbocycles. The molecule has 6 nitrogen and oxygen atoms in total. The molecule has 30 heavy (non-hydrogen) atoms. The molecule has 0 amide bonds. The number of hydrogen-bond donors (Lipinski definition) is 2. The normalized spacial score (nSPS) is 10.5. The molecular weight excluding hydrogens is 374 g/mol. The highest BCUT2D eigenvalue weighted by Crippen LogP contribution is 2.29. The average Bonchev–Trinajstić information content (AvgIpc) is 2.79. The van der Waals surface area contributed by atoms with Crippen molar-refractivity contribution in [3.05, 3.63) is 90.3 Å². The predicted octanol–water partition coefficient (Wildman–Crippen LogP) is 5.21. The Kier molecular flexibility index (Phi) is 5.85. The molecule has 2 heterocycles. The number of hydrogen-bond acceptors (Lipinski definition) is 6. The number of anilines is 3. The van der Waals surface area contributed by atoms with Gasteiger partial charge in [0.2, 0.25) is 5.95 Å². The standard InChI is InChI=1S/C24H23N5O/c1-17-10-11-22(30-2)21(13-17)28-24-27-20(19-8-4-3-5-9-19)14-23(29-24)26-16-18-7-6-12-25-15-18/h3-15H,16H2,1-2H3,(H2,26,27,28,29). The maximum absolute atomic E-state index is 5.48. The van der Waals surface area contributed by atoms with Crippen molar-refractivity contribution in [3.8, 4) is 17.0 Å². The van der Waals surface area contributed by atoms with Crippen LogP contribution in [0.5, 0.6) is 5.75 Å². The van der Waals surface area contributed by atoms with Gasteiger partial charge in [-0.3, -0.25) is 4.98 Å². The van der Waals surface area contributed by atoms with Crippen LogP contribution in [-0.2, 0) is 6.54 Å². The number of nitrogens with zero attached hydrogens (tertiary/aromatic N) is 3. The van der Waals surface area contributed by atoms with E-state index in [-0.39, 0.29) is 0 Å². The second kappa shape index (κ2) is 9.05. The van der Waals surface area contributed by atoms with Crippen molar-refractivity contribution in [2.45, 2.75) is 13.5 Å². The first-order valence-corrected chi connectivity index (χ1v) is 9.70. The predicted molar refractivity (Wildman–Crippen MR) is 120 cm³/mol. The number of nitrogens with one attached hydrogen (secondary N) is 2. The van der Waals surface area contributed by atoms with E-state index in [4.69, 9.17) is 9.72 Å². The molecule has 0 radical (unpaired) electrons. The van der Waals surface area contributed by atoms with Crippen LogP contribution in [0.4, 0.5) is 17.5 Å². The second-order valence-electron chi connectivity index (χ2n) is 6.87. The Morgan fingerprint density at radius 2 is 1.80 bits per heavy atom. The van der Waals surface area contributed by atoms with Gasteiger partial charge in [0.1, 0.15) is 11.6 Å². The minimum atomic E-state index is 0.494. The minimum absolute atomic E-state index is 0.494. The fraction of sp³-hybridized carbons (Fsp3) is 0.125. The molecule has 0 unspecified atom stereocenters. The average molecular weight is 397 g/mol. The van der Waals surface area contributed by atoms with E-state index in [0.29, 0.717) is 12.5 Å². The van der Waals surface area contributed by atoms with Gasteiger partial charge in [0.25, 0.3) is 0 Å². The molecule has 0 bridgehead atoms. The Balaban J connectivity index is 1.67. The van der Waals surface area contributed by atoms with E-state index >= 15 is 0 Å². The van der Waals surface area contributed by atoms with Gasteiger partial charge in [-0.2, -0.15) is 4.98 Å². The number of methoxy groups -OCH3 is 1. The molecule has 4 aromatic rings. The highest BCUT2D eigenvalue weighted by atomic mass is 16.5. The summed E-state index contributed by atoms with van der Waals surface area (Å²) in [5, 5.41) is 6.69. The molecule has 0 saturated heterocycles. The highest BCUT2D eigenvalue weighted by Gasteiger charge is 2.10. The lowest BCUT2D eigenvalue weighted by molar-refractivity contribution is 0.416. The summed E-state index contributed by atoms with van der Waals surface area (Å²) in [6, 6.07) is 21.9. The summed E-state index contributed by atoms with van der Waals surface area (Å²) in [5.74, 6) is 1.95. The molecule has 0 saturated carbocycles. The second-order valence-corrected chi connectivity index (χ2v) is 6.87. The quantitative estimate of drug-likeness (QED) is 0.446. The maximum Gasteiger partial charge on any atom is 0.229 e. The first-order valence-electron chi connectivity index (χ1n) is 9.70. The van der Waals surface area contributed by atoms with Gasteiger partial charge < -0.3 is 15.4 Å². The number of aromatic nitrogens is 3. The van der Waals surface area contributed by atoms with Crippen molar-refractivity contribution in [1.29, 1.82) is 0 Å². The lowest BCUT2D eigenvalue weighted by Gasteiger charge is -2.14. The number of rotatable bonds is 7. The first-order chi connectivity index (χ1) is 14.7. The first kappa shape index (κ1) is 19.4. The summed E-state index contributed by atoms with van der Waals surface area (Å²) >= 11 is 0. The number of aryl methyl sites for hydroxylation is 1. The van der Waals surface area contributed by atoms with Crippen LogP contribution >= 0.6 is 0 Å². The fourth-order valence-electron chi connectivity index (χ4n) is 3.09. The summed E-state index contributed by atoms with van der Waals surface area (Å²) in [7, 11) is 1.65. The van der Waals surface area contributed by atoms with Crippen molar-refractivity contribution in [3.63, 3.8) is 0 Å². The van der Waals surface area contributed by atoms with Gasteiger partial charge in [0, 0.05) is 30.6 Å². The monoisotopic (exact) mass is 397 g/mol. The maximum atomic E-state index is 5.48. The van der Waals surface area contributed by atoms with Gasteiger partial charge >= 0.3 is 0 Å². The van der Waals surface area contributed by atoms with E-state index in [1.54, 1.807) is 13.3 Å². The van der Waals surface area contributed by atoms with Crippen LogP contribution in [0.1, 0.15) is 11.1 Å². The molecular formula is C24H23N5O. The van der Waals surface area contributed by atoms with Crippen LogP contribution in [0.2, 0.25) is 0 Å². The SMILES string of the molecule is COc1ccc(C)cc1Nc1nc(NCc2cccnc2)cc(-c2ccccc2)n1. The number of pyridine rings is 1. The van der Waals surface area contributed by atoms with Crippen molar-refractivity contribution in [2.75, 3.05) is 17.7 Å². The smallest absolute Gasteiger partial charge is 0.229 e. The molecule has 2 N–H and O–H groups in total. The molecule has 0 atom stereocenters. The molecule has 0 spiro atoms. The lowest BCUT2D eigenvalue weighted by Crippen LogP contribution is -2.06.